The van der Waals surface area contributed by atoms with E-state index in [0.29, 0.717) is 32.3 Å². The summed E-state index contributed by atoms with van der Waals surface area (Å²) in [5.41, 5.74) is -0.213. The molecular weight excluding hydrogens is 462 g/mol. The molecule has 33 heavy (non-hydrogen) atoms. The Balaban J connectivity index is 1.90. The smallest absolute Gasteiger partial charge is 0.354 e. The molecule has 0 saturated heterocycles. The van der Waals surface area contributed by atoms with Gasteiger partial charge in [-0.3, -0.25) is 9.36 Å². The number of hydrogen-bond donors (Lipinski definition) is 1. The van der Waals surface area contributed by atoms with Gasteiger partial charge in [-0.15, -0.1) is 0 Å². The lowest BCUT2D eigenvalue weighted by molar-refractivity contribution is 0.415. The van der Waals surface area contributed by atoms with Gasteiger partial charge in [-0.25, -0.2) is 4.79 Å². The molecule has 164 valence electrons. The number of nitrogens with zero attached hydrogens (tertiary/aromatic N) is 1. The summed E-state index contributed by atoms with van der Waals surface area (Å²) in [5.74, 6) is 0.0852. The second kappa shape index (κ2) is 8.35. The zero-order chi connectivity index (χ0) is 23.1. The summed E-state index contributed by atoms with van der Waals surface area (Å²) in [6.07, 6.45) is 0. The van der Waals surface area contributed by atoms with Crippen molar-refractivity contribution in [3.8, 4) is 17.2 Å². The second-order valence-electron chi connectivity index (χ2n) is 7.16. The van der Waals surface area contributed by atoms with Gasteiger partial charge < -0.3 is 14.3 Å². The molecule has 0 amide bonds. The normalized spacial score (nSPS) is 11.2. The molecule has 6 nitrogen and oxygen atoms in total. The van der Waals surface area contributed by atoms with Crippen LogP contribution in [0.4, 0.5) is 0 Å². The van der Waals surface area contributed by atoms with E-state index < -0.39 is 16.9 Å². The predicted octanol–water partition coefficient (Wildman–Crippen LogP) is 5.62. The number of methoxy groups -OCH3 is 1. The average molecular weight is 478 g/mol. The molecule has 0 bridgehead atoms. The lowest BCUT2D eigenvalue weighted by Gasteiger charge is -2.15. The third kappa shape index (κ3) is 3.55. The van der Waals surface area contributed by atoms with Gasteiger partial charge in [0.05, 0.1) is 17.6 Å². The minimum Gasteiger partial charge on any atom is -0.505 e. The Bertz CT molecular complexity index is 1640. The summed E-state index contributed by atoms with van der Waals surface area (Å²) >= 11 is 7.18. The van der Waals surface area contributed by atoms with Crippen LogP contribution in [0.1, 0.15) is 0 Å². The summed E-state index contributed by atoms with van der Waals surface area (Å²) < 4.78 is 12.4. The molecule has 5 aromatic rings. The Morgan fingerprint density at radius 1 is 1.00 bits per heavy atom. The number of rotatable bonds is 4. The lowest BCUT2D eigenvalue weighted by Crippen LogP contribution is -2.20. The molecule has 5 rings (SSSR count). The summed E-state index contributed by atoms with van der Waals surface area (Å²) in [6, 6.07) is 21.0. The van der Waals surface area contributed by atoms with E-state index in [1.165, 1.54) is 11.7 Å². The van der Waals surface area contributed by atoms with Gasteiger partial charge in [0.25, 0.3) is 5.56 Å². The molecule has 3 aromatic carbocycles. The minimum atomic E-state index is -0.765. The number of benzene rings is 3. The number of hydrogen-bond acceptors (Lipinski definition) is 6. The van der Waals surface area contributed by atoms with Gasteiger partial charge in [-0.2, -0.15) is 0 Å². The van der Waals surface area contributed by atoms with E-state index in [1.807, 2.05) is 18.2 Å². The van der Waals surface area contributed by atoms with Crippen LogP contribution in [0.15, 0.2) is 96.6 Å². The summed E-state index contributed by atoms with van der Waals surface area (Å²) in [4.78, 5) is 27.0. The number of ether oxygens (including phenoxy) is 1. The fourth-order valence-corrected chi connectivity index (χ4v) is 4.80. The highest BCUT2D eigenvalue weighted by Crippen LogP contribution is 2.40. The zero-order valence-corrected chi connectivity index (χ0v) is 18.8. The monoisotopic (exact) mass is 477 g/mol. The van der Waals surface area contributed by atoms with Gasteiger partial charge in [0, 0.05) is 22.0 Å². The van der Waals surface area contributed by atoms with E-state index in [2.05, 4.69) is 0 Å². The Morgan fingerprint density at radius 2 is 1.73 bits per heavy atom. The maximum atomic E-state index is 13.7. The lowest BCUT2D eigenvalue weighted by atomic mass is 10.1. The molecule has 0 aliphatic rings. The van der Waals surface area contributed by atoms with Crippen molar-refractivity contribution in [1.29, 1.82) is 0 Å². The van der Waals surface area contributed by atoms with Crippen molar-refractivity contribution < 1.29 is 14.3 Å². The van der Waals surface area contributed by atoms with Crippen molar-refractivity contribution in [3.63, 3.8) is 0 Å². The Kier molecular flexibility index (Phi) is 5.36. The average Bonchev–Trinajstić information content (AvgIpc) is 2.83. The first-order chi connectivity index (χ1) is 16.0. The van der Waals surface area contributed by atoms with Crippen LogP contribution in [0, 0.1) is 0 Å². The molecule has 1 N–H and O–H groups in total. The van der Waals surface area contributed by atoms with E-state index in [1.54, 1.807) is 54.6 Å². The topological polar surface area (TPSA) is 81.7 Å². The van der Waals surface area contributed by atoms with Gasteiger partial charge in [-0.1, -0.05) is 53.7 Å². The molecule has 0 atom stereocenters. The number of aromatic hydroxyl groups is 1. The van der Waals surface area contributed by atoms with Gasteiger partial charge in [0.1, 0.15) is 16.0 Å². The van der Waals surface area contributed by atoms with Crippen LogP contribution < -0.4 is 15.9 Å². The first-order valence-electron chi connectivity index (χ1n) is 9.90. The SMILES string of the molecule is COc1ccc2c3oc(=O)c(Sc4ccccc4Cl)c(O)c3c(=O)n(-c3ccccc3)c2c1. The van der Waals surface area contributed by atoms with Gasteiger partial charge in [0.2, 0.25) is 0 Å². The highest BCUT2D eigenvalue weighted by Gasteiger charge is 2.23. The predicted molar refractivity (Wildman–Crippen MR) is 129 cm³/mol. The van der Waals surface area contributed by atoms with Crippen molar-refractivity contribution in [1.82, 2.24) is 4.57 Å². The quantitative estimate of drug-likeness (QED) is 0.338. The molecule has 8 heteroatoms. The largest absolute Gasteiger partial charge is 0.505 e. The molecule has 2 heterocycles. The Morgan fingerprint density at radius 3 is 2.45 bits per heavy atom. The third-order valence-electron chi connectivity index (χ3n) is 5.23. The molecule has 2 aromatic heterocycles. The third-order valence-corrected chi connectivity index (χ3v) is 6.81. The van der Waals surface area contributed by atoms with E-state index in [4.69, 9.17) is 20.8 Å². The molecule has 0 spiro atoms. The fourth-order valence-electron chi connectivity index (χ4n) is 3.69. The number of fused-ring (bicyclic) bond motifs is 3. The van der Waals surface area contributed by atoms with Gasteiger partial charge >= 0.3 is 5.63 Å². The van der Waals surface area contributed by atoms with Crippen LogP contribution in [-0.2, 0) is 0 Å². The van der Waals surface area contributed by atoms with Crippen LogP contribution in [0.3, 0.4) is 0 Å². The first kappa shape index (κ1) is 21.2. The fraction of sp³-hybridized carbons (Fsp3) is 0.0400. The number of aromatic nitrogens is 1. The summed E-state index contributed by atoms with van der Waals surface area (Å²) in [7, 11) is 1.53. The molecule has 0 fully saturated rings. The van der Waals surface area contributed by atoms with Crippen LogP contribution >= 0.6 is 23.4 Å². The highest BCUT2D eigenvalue weighted by molar-refractivity contribution is 7.99. The van der Waals surface area contributed by atoms with Crippen molar-refractivity contribution in [2.75, 3.05) is 7.11 Å². The Hall–Kier alpha value is -3.68. The maximum Gasteiger partial charge on any atom is 0.354 e. The van der Waals surface area contributed by atoms with Crippen LogP contribution in [0.5, 0.6) is 11.5 Å². The first-order valence-corrected chi connectivity index (χ1v) is 11.1. The second-order valence-corrected chi connectivity index (χ2v) is 8.62. The van der Waals surface area contributed by atoms with Crippen LogP contribution in [0.25, 0.3) is 27.6 Å². The zero-order valence-electron chi connectivity index (χ0n) is 17.2. The van der Waals surface area contributed by atoms with Crippen molar-refractivity contribution in [3.05, 3.63) is 98.6 Å². The van der Waals surface area contributed by atoms with Crippen molar-refractivity contribution in [2.45, 2.75) is 9.79 Å². The molecule has 0 unspecified atom stereocenters. The van der Waals surface area contributed by atoms with E-state index in [-0.39, 0.29) is 15.9 Å². The maximum absolute atomic E-state index is 13.7. The highest BCUT2D eigenvalue weighted by atomic mass is 35.5. The van der Waals surface area contributed by atoms with Crippen LogP contribution in [-0.4, -0.2) is 16.8 Å². The van der Waals surface area contributed by atoms with E-state index in [0.717, 1.165) is 11.8 Å². The van der Waals surface area contributed by atoms with Gasteiger partial charge in [-0.05, 0) is 36.4 Å². The van der Waals surface area contributed by atoms with Crippen molar-refractivity contribution in [2.24, 2.45) is 0 Å². The minimum absolute atomic E-state index is 0.0100. The standard InChI is InChI=1S/C25H16ClNO5S/c1-31-15-11-12-16-18(13-15)27(14-7-3-2-4-8-14)24(29)20-21(28)23(25(30)32-22(16)20)33-19-10-6-5-9-17(19)26/h2-13,28H,1H3. The summed E-state index contributed by atoms with van der Waals surface area (Å²) in [5, 5.41) is 11.9. The number of halogens is 1. The van der Waals surface area contributed by atoms with Gasteiger partial charge in [0.15, 0.2) is 11.3 Å². The summed E-state index contributed by atoms with van der Waals surface area (Å²) in [6.45, 7) is 0. The number of para-hydroxylation sites is 1. The molecule has 0 aliphatic heterocycles. The molecule has 0 saturated carbocycles. The van der Waals surface area contributed by atoms with Crippen LogP contribution in [0.2, 0.25) is 5.02 Å². The van der Waals surface area contributed by atoms with E-state index >= 15 is 0 Å². The molecular formula is C25H16ClNO5S. The molecule has 0 aliphatic carbocycles. The number of pyridine rings is 1. The Labute approximate surface area is 196 Å². The van der Waals surface area contributed by atoms with E-state index in [9.17, 15) is 14.7 Å². The molecule has 0 radical (unpaired) electrons. The van der Waals surface area contributed by atoms with Crippen molar-refractivity contribution >= 4 is 45.2 Å².